The monoisotopic (exact) mass is 1950 g/mol. The van der Waals surface area contributed by atoms with Gasteiger partial charge in [-0.05, 0) is 86.6 Å². The molecule has 2 atom stereocenters. The SMILES string of the molecule is C/C(=C\C(=O)O)C(=O)O.C/C=C/C=C/C(=O)O.C/C=C/C=C/C(C)=O.CC(=O)/C=C(\C)C(=O)O.CC(CC(=O)O)C(=O)O.COC(=O)/C=C(\C)C(=O)O.COC(=O)/C=C/C(=O)CO.COC(=O)/C=C/C(=O)O.COC(=O)/C=C/C(C)=O.COC(=O)CC(C)C(=O)O.COC(=O)CCC(=O)CO.COC(=O)CCC(=O)O.COC(=O)CCC(C)=O.O=C(O)/C=C/C(=O)O.O=C(O)CCC(=O)O. The van der Waals surface area contributed by atoms with Crippen molar-refractivity contribution >= 4 is 166 Å². The summed E-state index contributed by atoms with van der Waals surface area (Å²) in [6.45, 7) is 15.0. The molecule has 0 saturated carbocycles. The molecule has 0 rings (SSSR count). The summed E-state index contributed by atoms with van der Waals surface area (Å²) < 4.78 is 33.8. The van der Waals surface area contributed by atoms with Crippen molar-refractivity contribution in [2.24, 2.45) is 11.8 Å². The van der Waals surface area contributed by atoms with Crippen molar-refractivity contribution in [3.8, 4) is 0 Å². The van der Waals surface area contributed by atoms with Crippen LogP contribution in [0.3, 0.4) is 0 Å². The average Bonchev–Trinajstić information content (AvgIpc) is 0.772. The van der Waals surface area contributed by atoms with Gasteiger partial charge < -0.3 is 124 Å². The lowest BCUT2D eigenvalue weighted by molar-refractivity contribution is -0.149. The van der Waals surface area contributed by atoms with Gasteiger partial charge in [0.1, 0.15) is 19.0 Å². The van der Waals surface area contributed by atoms with E-state index in [0.717, 1.165) is 48.6 Å². The van der Waals surface area contributed by atoms with Gasteiger partial charge in [-0.3, -0.25) is 71.9 Å². The van der Waals surface area contributed by atoms with Crippen LogP contribution in [0, 0.1) is 11.8 Å². The van der Waals surface area contributed by atoms with Crippen molar-refractivity contribution in [2.45, 2.75) is 140 Å². The smallest absolute Gasteiger partial charge is 0.331 e. The molecule has 52 nitrogen and oxygen atoms in total. The number of allylic oxidation sites excluding steroid dienone is 9. The first-order chi connectivity index (χ1) is 62.1. The fourth-order valence-corrected chi connectivity index (χ4v) is 4.44. The second-order valence-electron chi connectivity index (χ2n) is 22.9. The van der Waals surface area contributed by atoms with Crippen LogP contribution in [0.25, 0.3) is 0 Å². The van der Waals surface area contributed by atoms with Crippen LogP contribution in [0.4, 0.5) is 0 Å². The van der Waals surface area contributed by atoms with Crippen molar-refractivity contribution in [1.29, 1.82) is 0 Å². The fraction of sp³-hybridized carbons (Fsp3) is 0.398. The highest BCUT2D eigenvalue weighted by molar-refractivity contribution is 5.99. The van der Waals surface area contributed by atoms with Gasteiger partial charge >= 0.3 is 131 Å². The Morgan fingerprint density at radius 3 is 0.785 bits per heavy atom. The molecule has 16 N–H and O–H groups in total. The number of esters is 8. The quantitative estimate of drug-likeness (QED) is 0.0182. The molecule has 0 spiro atoms. The zero-order valence-corrected chi connectivity index (χ0v) is 77.0. The molecule has 0 aliphatic rings. The first-order valence-corrected chi connectivity index (χ1v) is 36.5. The van der Waals surface area contributed by atoms with E-state index in [-0.39, 0.29) is 116 Å². The van der Waals surface area contributed by atoms with E-state index in [9.17, 15) is 134 Å². The van der Waals surface area contributed by atoms with Gasteiger partial charge in [-0.2, -0.15) is 0 Å². The second kappa shape index (κ2) is 108. The zero-order valence-electron chi connectivity index (χ0n) is 77.0. The van der Waals surface area contributed by atoms with Crippen molar-refractivity contribution < 1.29 is 254 Å². The molecule has 135 heavy (non-hydrogen) atoms. The number of aliphatic carboxylic acids is 14. The highest BCUT2D eigenvalue weighted by Gasteiger charge is 2.16. The minimum absolute atomic E-state index is 0.0143. The number of Topliss-reactive ketones (excluding diaryl/α,β-unsaturated/α-hetero) is 2. The third-order valence-electron chi connectivity index (χ3n) is 11.1. The highest BCUT2D eigenvalue weighted by atomic mass is 16.6. The Hall–Kier alpha value is -16.6. The molecule has 0 aromatic carbocycles. The van der Waals surface area contributed by atoms with Crippen LogP contribution in [0.1, 0.15) is 140 Å². The van der Waals surface area contributed by atoms with E-state index in [4.69, 9.17) is 81.7 Å². The van der Waals surface area contributed by atoms with Gasteiger partial charge in [-0.15, -0.1) is 0 Å². The maximum atomic E-state index is 10.4. The number of ketones is 6. The maximum Gasteiger partial charge on any atom is 0.331 e. The van der Waals surface area contributed by atoms with Gasteiger partial charge in [0.2, 0.25) is 0 Å². The third kappa shape index (κ3) is 179. The van der Waals surface area contributed by atoms with Crippen LogP contribution in [-0.2, 0) is 172 Å². The predicted octanol–water partition coefficient (Wildman–Crippen LogP) is 3.34. The molecule has 762 valence electrons. The number of carboxylic acid groups (broad SMARTS) is 14. The van der Waals surface area contributed by atoms with Crippen molar-refractivity contribution in [3.63, 3.8) is 0 Å². The molecule has 52 heteroatoms. The number of carboxylic acids is 14. The average molecular weight is 1950 g/mol. The van der Waals surface area contributed by atoms with E-state index in [0.29, 0.717) is 24.3 Å². The summed E-state index contributed by atoms with van der Waals surface area (Å²) in [7, 11) is 9.85. The molecule has 2 unspecified atom stereocenters. The summed E-state index contributed by atoms with van der Waals surface area (Å²) in [5.41, 5.74) is -0.142. The van der Waals surface area contributed by atoms with Crippen LogP contribution in [0.15, 0.2) is 132 Å². The topological polar surface area (TPSA) is 875 Å². The lowest BCUT2D eigenvalue weighted by atomic mass is 10.1. The van der Waals surface area contributed by atoms with Crippen LogP contribution >= 0.6 is 0 Å². The van der Waals surface area contributed by atoms with E-state index in [1.165, 1.54) is 131 Å². The third-order valence-corrected chi connectivity index (χ3v) is 11.1. The number of ether oxygens (including phenoxy) is 8. The van der Waals surface area contributed by atoms with Gasteiger partial charge in [-0.1, -0.05) is 50.3 Å². The lowest BCUT2D eigenvalue weighted by Gasteiger charge is -2.02. The van der Waals surface area contributed by atoms with E-state index in [1.807, 2.05) is 26.0 Å². The zero-order chi connectivity index (χ0) is 110. The molecule has 0 amide bonds. The first kappa shape index (κ1) is 153. The number of methoxy groups -OCH3 is 8. The molecule has 0 aromatic rings. The van der Waals surface area contributed by atoms with Crippen LogP contribution in [0.5, 0.6) is 0 Å². The number of carbonyl (C=O) groups is 28. The molecular formula is C83H118O52. The summed E-state index contributed by atoms with van der Waals surface area (Å²) in [6.07, 6.45) is 21.8. The predicted molar refractivity (Wildman–Crippen MR) is 460 cm³/mol. The van der Waals surface area contributed by atoms with Gasteiger partial charge in [0.05, 0.1) is 120 Å². The minimum atomic E-state index is -1.26. The number of hydrogen-bond acceptors (Lipinski definition) is 38. The standard InChI is InChI=1S/C7H10O.C6H10O4.C6H8O4.C6H10O4.C6H8O4.C6H10O3.2C6H8O3.C6H8O2.C5H8O4.C5H6O4.C5H8O4.C5H6O4.C4H6O4.C4H4O4/c1-3-4-5-6-7(2)8;2*1-4(6(8)9)3-5(7)10-2;2*1-10-6(9)3-2-5(8)4-7;2*1-5(7)3-4-6(8)9-2;1-4(6(8)9)3-5(2)7;1-2-3-4-5-6(7)8;2*1-9-5(8)3-2-4(6)7;2*1-3(5(8)9)2-4(6)7;2*5-3(6)1-2-4(7)8/h3-6H,1-2H3;4H,3H2,1-2H3,(H,8,9);3H,1-2H3,(H,8,9);7H,2-4H2,1H3;2-3,7H,4H2,1H3;3-4H2,1-2H3;3-4H,1-2H3;3H,1-2H3,(H,8,9);2-5H,1H3,(H,7,8);2-3H2,1H3,(H,6,7);2-3H,1H3,(H,6,7);3H,2H2,1H3,(H,6,7)(H,8,9);2H,1H3,(H,6,7)(H,8,9);1-2H2,(H,5,6)(H,7,8);1-2H,(H,5,6)(H,7,8)/b4-3+,6-5+;;4-3+;;3-2+;;2*4-3+;3-2+,5-4+;;3-2+;;3-2+;;2-1+. The summed E-state index contributed by atoms with van der Waals surface area (Å²) in [4.78, 5) is 281. The van der Waals surface area contributed by atoms with E-state index in [1.54, 1.807) is 18.2 Å². The van der Waals surface area contributed by atoms with Gasteiger partial charge in [-0.25, -0.2) is 57.5 Å². The van der Waals surface area contributed by atoms with Gasteiger partial charge in [0.25, 0.3) is 0 Å². The second-order valence-corrected chi connectivity index (χ2v) is 22.9. The van der Waals surface area contributed by atoms with Crippen molar-refractivity contribution in [1.82, 2.24) is 0 Å². The number of rotatable bonds is 38. The molecule has 0 bridgehead atoms. The van der Waals surface area contributed by atoms with Crippen molar-refractivity contribution in [2.75, 3.05) is 70.1 Å². The van der Waals surface area contributed by atoms with Gasteiger partial charge in [0.15, 0.2) is 28.9 Å². The Morgan fingerprint density at radius 1 is 0.259 bits per heavy atom. The Balaban J connectivity index is -0.0000000880. The molecule has 0 radical (unpaired) electrons. The summed E-state index contributed by atoms with van der Waals surface area (Å²) in [5, 5.41) is 129. The minimum Gasteiger partial charge on any atom is -0.481 e. The fourth-order valence-electron chi connectivity index (χ4n) is 4.44. The van der Waals surface area contributed by atoms with Crippen LogP contribution < -0.4 is 0 Å². The number of aliphatic hydroxyl groups is 2. The molecular weight excluding hydrogens is 1830 g/mol. The summed E-state index contributed by atoms with van der Waals surface area (Å²) >= 11 is 0. The summed E-state index contributed by atoms with van der Waals surface area (Å²) in [6, 6.07) is 0. The van der Waals surface area contributed by atoms with E-state index in [2.05, 4.69) is 37.9 Å². The van der Waals surface area contributed by atoms with Crippen LogP contribution in [0.2, 0.25) is 0 Å². The number of hydrogen-bond donors (Lipinski definition) is 16. The largest absolute Gasteiger partial charge is 0.481 e. The molecule has 0 aliphatic heterocycles. The number of carbonyl (C=O) groups excluding carboxylic acids is 14. The maximum absolute atomic E-state index is 10.4. The molecule has 0 saturated heterocycles. The van der Waals surface area contributed by atoms with Crippen molar-refractivity contribution in [3.05, 3.63) is 132 Å². The molecule has 0 heterocycles. The van der Waals surface area contributed by atoms with Gasteiger partial charge in [0, 0.05) is 84.2 Å². The summed E-state index contributed by atoms with van der Waals surface area (Å²) in [5.74, 6) is -22.3. The Morgan fingerprint density at radius 2 is 0.548 bits per heavy atom. The Labute approximate surface area is 771 Å². The first-order valence-electron chi connectivity index (χ1n) is 36.5. The van der Waals surface area contributed by atoms with E-state index < -0.39 is 156 Å². The molecule has 0 aromatic heterocycles. The Bertz CT molecular complexity index is 3890. The highest BCUT2D eigenvalue weighted by Crippen LogP contribution is 2.03. The molecule has 0 aliphatic carbocycles. The normalized spacial score (nSPS) is 10.2. The van der Waals surface area contributed by atoms with Crippen LogP contribution in [-0.4, -0.2) is 318 Å². The molecule has 0 fully saturated rings. The lowest BCUT2D eigenvalue weighted by Crippen LogP contribution is -2.15. The van der Waals surface area contributed by atoms with E-state index >= 15 is 0 Å². The number of aliphatic hydroxyl groups excluding tert-OH is 2. The Kier molecular flexibility index (Phi) is 122.